The Labute approximate surface area is 166 Å². The first-order valence-corrected chi connectivity index (χ1v) is 9.55. The maximum atomic E-state index is 12.2. The summed E-state index contributed by atoms with van der Waals surface area (Å²) in [5.41, 5.74) is 1.15. The van der Waals surface area contributed by atoms with Crippen LogP contribution in [0, 0.1) is 5.41 Å². The van der Waals surface area contributed by atoms with E-state index in [9.17, 15) is 9.59 Å². The Bertz CT molecular complexity index is 787. The number of amides is 2. The molecule has 1 fully saturated rings. The van der Waals surface area contributed by atoms with Crippen LogP contribution in [-0.2, 0) is 9.59 Å². The summed E-state index contributed by atoms with van der Waals surface area (Å²) in [5.74, 6) is -0.609. The average molecular weight is 415 g/mol. The lowest BCUT2D eigenvalue weighted by Gasteiger charge is -2.16. The highest BCUT2D eigenvalue weighted by atomic mass is 35.5. The fourth-order valence-corrected chi connectivity index (χ4v) is 3.07. The molecule has 26 heavy (non-hydrogen) atoms. The number of rotatable bonds is 4. The normalized spacial score (nSPS) is 19.6. The predicted octanol–water partition coefficient (Wildman–Crippen LogP) is 4.33. The molecule has 2 amide bonds. The van der Waals surface area contributed by atoms with E-state index in [1.807, 2.05) is 27.7 Å². The lowest BCUT2D eigenvalue weighted by Crippen LogP contribution is -2.28. The van der Waals surface area contributed by atoms with Crippen molar-refractivity contribution >= 4 is 63.3 Å². The summed E-state index contributed by atoms with van der Waals surface area (Å²) in [7, 11) is 0. The summed E-state index contributed by atoms with van der Waals surface area (Å²) < 4.78 is 0. The lowest BCUT2D eigenvalue weighted by atomic mass is 9.91. The van der Waals surface area contributed by atoms with Crippen LogP contribution in [0.5, 0.6) is 0 Å². The van der Waals surface area contributed by atoms with E-state index in [4.69, 9.17) is 23.2 Å². The zero-order valence-electron chi connectivity index (χ0n) is 14.9. The highest BCUT2D eigenvalue weighted by molar-refractivity contribution is 8.15. The van der Waals surface area contributed by atoms with E-state index in [1.165, 1.54) is 11.8 Å². The summed E-state index contributed by atoms with van der Waals surface area (Å²) in [6, 6.07) is 4.78. The van der Waals surface area contributed by atoms with Gasteiger partial charge in [0.25, 0.3) is 0 Å². The zero-order valence-corrected chi connectivity index (χ0v) is 17.2. The number of benzene rings is 1. The summed E-state index contributed by atoms with van der Waals surface area (Å²) in [6.07, 6.45) is -0.0136. The number of nitrogens with one attached hydrogen (secondary N) is 2. The van der Waals surface area contributed by atoms with Crippen molar-refractivity contribution in [2.45, 2.75) is 39.4 Å². The third-order valence-corrected chi connectivity index (χ3v) is 5.36. The van der Waals surface area contributed by atoms with Crippen molar-refractivity contribution in [3.8, 4) is 0 Å². The number of carbonyl (C=O) groups is 2. The Hall–Kier alpha value is -1.57. The molecule has 1 saturated heterocycles. The molecule has 2 N–H and O–H groups in total. The minimum absolute atomic E-state index is 0.0136. The molecular formula is C17H20Cl2N4O2S. The molecule has 1 aliphatic heterocycles. The quantitative estimate of drug-likeness (QED) is 0.567. The summed E-state index contributed by atoms with van der Waals surface area (Å²) in [4.78, 5) is 24.3. The van der Waals surface area contributed by atoms with Crippen LogP contribution in [0.3, 0.4) is 0 Å². The van der Waals surface area contributed by atoms with Crippen LogP contribution in [0.15, 0.2) is 28.4 Å². The number of hydrogen-bond donors (Lipinski definition) is 2. The first-order chi connectivity index (χ1) is 12.1. The first-order valence-electron chi connectivity index (χ1n) is 7.91. The molecule has 0 saturated carbocycles. The molecule has 1 heterocycles. The van der Waals surface area contributed by atoms with Crippen LogP contribution in [0.1, 0.15) is 34.1 Å². The van der Waals surface area contributed by atoms with Gasteiger partial charge in [-0.2, -0.15) is 5.10 Å². The van der Waals surface area contributed by atoms with Crippen molar-refractivity contribution in [3.63, 3.8) is 0 Å². The van der Waals surface area contributed by atoms with Gasteiger partial charge < -0.3 is 10.6 Å². The molecule has 1 aromatic rings. The summed E-state index contributed by atoms with van der Waals surface area (Å²) >= 11 is 13.1. The minimum atomic E-state index is -0.572. The SMILES string of the molecule is C/C(=N/N=C1\NC(=O)C(CC(=O)Nc2cc(Cl)ccc2Cl)S1)C(C)(C)C. The second-order valence-electron chi connectivity index (χ2n) is 6.81. The molecule has 0 spiro atoms. The second-order valence-corrected chi connectivity index (χ2v) is 8.85. The molecule has 9 heteroatoms. The van der Waals surface area contributed by atoms with Gasteiger partial charge in [0, 0.05) is 22.6 Å². The highest BCUT2D eigenvalue weighted by Crippen LogP contribution is 2.27. The van der Waals surface area contributed by atoms with E-state index in [-0.39, 0.29) is 23.7 Å². The van der Waals surface area contributed by atoms with Crippen LogP contribution in [0.4, 0.5) is 5.69 Å². The van der Waals surface area contributed by atoms with Gasteiger partial charge in [0.1, 0.15) is 5.25 Å². The van der Waals surface area contributed by atoms with Gasteiger partial charge in [-0.1, -0.05) is 55.7 Å². The number of anilines is 1. The third-order valence-electron chi connectivity index (χ3n) is 3.73. The topological polar surface area (TPSA) is 82.9 Å². The minimum Gasteiger partial charge on any atom is -0.325 e. The van der Waals surface area contributed by atoms with Gasteiger partial charge in [-0.05, 0) is 25.1 Å². The maximum Gasteiger partial charge on any atom is 0.240 e. The Morgan fingerprint density at radius 3 is 2.69 bits per heavy atom. The van der Waals surface area contributed by atoms with E-state index in [0.717, 1.165) is 5.71 Å². The molecule has 1 atom stereocenters. The molecule has 1 aliphatic rings. The Kier molecular flexibility index (Phi) is 6.71. The zero-order chi connectivity index (χ0) is 19.5. The van der Waals surface area contributed by atoms with Gasteiger partial charge in [-0.3, -0.25) is 9.59 Å². The lowest BCUT2D eigenvalue weighted by molar-refractivity contribution is -0.122. The van der Waals surface area contributed by atoms with E-state index < -0.39 is 5.25 Å². The predicted molar refractivity (Wildman–Crippen MR) is 109 cm³/mol. The molecule has 0 aromatic heterocycles. The van der Waals surface area contributed by atoms with Gasteiger partial charge >= 0.3 is 0 Å². The largest absolute Gasteiger partial charge is 0.325 e. The van der Waals surface area contributed by atoms with Crippen molar-refractivity contribution < 1.29 is 9.59 Å². The van der Waals surface area contributed by atoms with Crippen molar-refractivity contribution in [3.05, 3.63) is 28.2 Å². The van der Waals surface area contributed by atoms with Gasteiger partial charge in [0.15, 0.2) is 5.17 Å². The molecule has 140 valence electrons. The molecule has 1 aromatic carbocycles. The average Bonchev–Trinajstić information content (AvgIpc) is 2.87. The number of carbonyl (C=O) groups excluding carboxylic acids is 2. The number of halogens is 2. The van der Waals surface area contributed by atoms with Crippen LogP contribution >= 0.6 is 35.0 Å². The molecule has 0 bridgehead atoms. The van der Waals surface area contributed by atoms with Crippen molar-refractivity contribution in [2.24, 2.45) is 15.6 Å². The third kappa shape index (κ3) is 5.72. The summed E-state index contributed by atoms with van der Waals surface area (Å²) in [6.45, 7) is 7.96. The Morgan fingerprint density at radius 2 is 2.04 bits per heavy atom. The Balaban J connectivity index is 1.99. The first kappa shape index (κ1) is 20.7. The van der Waals surface area contributed by atoms with Crippen LogP contribution in [0.2, 0.25) is 10.0 Å². The molecule has 1 unspecified atom stereocenters. The standard InChI is InChI=1S/C17H20Cl2N4O2S/c1-9(17(2,3)4)22-23-16-21-15(25)13(26-16)8-14(24)20-12-7-10(18)5-6-11(12)19/h5-7,13H,8H2,1-4H3,(H,20,24)(H,21,23,25)/b22-9-. The van der Waals surface area contributed by atoms with E-state index in [1.54, 1.807) is 18.2 Å². The van der Waals surface area contributed by atoms with E-state index in [2.05, 4.69) is 20.8 Å². The molecule has 6 nitrogen and oxygen atoms in total. The highest BCUT2D eigenvalue weighted by Gasteiger charge is 2.32. The fraction of sp³-hybridized carbons (Fsp3) is 0.412. The number of thioether (sulfide) groups is 1. The second kappa shape index (κ2) is 8.41. The van der Waals surface area contributed by atoms with Crippen molar-refractivity contribution in [1.82, 2.24) is 5.32 Å². The van der Waals surface area contributed by atoms with Crippen LogP contribution in [-0.4, -0.2) is 27.9 Å². The molecule has 2 rings (SSSR count). The van der Waals surface area contributed by atoms with Gasteiger partial charge in [-0.25, -0.2) is 0 Å². The van der Waals surface area contributed by atoms with Gasteiger partial charge in [0.05, 0.1) is 10.7 Å². The monoisotopic (exact) mass is 414 g/mol. The molecular weight excluding hydrogens is 395 g/mol. The summed E-state index contributed by atoms with van der Waals surface area (Å²) in [5, 5.41) is 14.2. The van der Waals surface area contributed by atoms with Crippen LogP contribution in [0.25, 0.3) is 0 Å². The fourth-order valence-electron chi connectivity index (χ4n) is 1.82. The number of hydrogen-bond acceptors (Lipinski definition) is 5. The van der Waals surface area contributed by atoms with E-state index in [0.29, 0.717) is 20.9 Å². The Morgan fingerprint density at radius 1 is 1.35 bits per heavy atom. The van der Waals surface area contributed by atoms with Crippen molar-refractivity contribution in [1.29, 1.82) is 0 Å². The molecule has 0 aliphatic carbocycles. The number of nitrogens with zero attached hydrogens (tertiary/aromatic N) is 2. The van der Waals surface area contributed by atoms with E-state index >= 15 is 0 Å². The van der Waals surface area contributed by atoms with Crippen LogP contribution < -0.4 is 10.6 Å². The van der Waals surface area contributed by atoms with Gasteiger partial charge in [0.2, 0.25) is 11.8 Å². The smallest absolute Gasteiger partial charge is 0.240 e. The van der Waals surface area contributed by atoms with Gasteiger partial charge in [-0.15, -0.1) is 5.10 Å². The van der Waals surface area contributed by atoms with Crippen molar-refractivity contribution in [2.75, 3.05) is 5.32 Å². The maximum absolute atomic E-state index is 12.2. The molecule has 0 radical (unpaired) electrons. The number of amidine groups is 1.